The molecule has 0 unspecified atom stereocenters. The second-order valence-corrected chi connectivity index (χ2v) is 11.7. The number of ether oxygens (including phenoxy) is 1. The molecule has 3 heterocycles. The van der Waals surface area contributed by atoms with Crippen LogP contribution in [-0.4, -0.2) is 67.2 Å². The highest BCUT2D eigenvalue weighted by molar-refractivity contribution is 7.13. The van der Waals surface area contributed by atoms with Crippen LogP contribution in [0.15, 0.2) is 59.0 Å². The number of piperidine rings is 2. The quantitative estimate of drug-likeness (QED) is 0.260. The minimum Gasteiger partial charge on any atom is -0.497 e. The van der Waals surface area contributed by atoms with Crippen LogP contribution in [0.5, 0.6) is 5.75 Å². The van der Waals surface area contributed by atoms with E-state index < -0.39 is 0 Å². The van der Waals surface area contributed by atoms with Crippen molar-refractivity contribution in [3.05, 3.63) is 81.0 Å². The van der Waals surface area contributed by atoms with Crippen molar-refractivity contribution in [1.29, 1.82) is 0 Å². The molecule has 0 aliphatic carbocycles. The number of hydrogen-bond acceptors (Lipinski definition) is 7. The maximum absolute atomic E-state index is 13.3. The summed E-state index contributed by atoms with van der Waals surface area (Å²) in [5.41, 5.74) is 6.46. The highest BCUT2D eigenvalue weighted by Gasteiger charge is 2.25. The summed E-state index contributed by atoms with van der Waals surface area (Å²) in [4.78, 5) is 31.8. The summed E-state index contributed by atoms with van der Waals surface area (Å²) in [5, 5.41) is 8.92. The van der Waals surface area contributed by atoms with Gasteiger partial charge in [0.05, 0.1) is 19.0 Å². The maximum Gasteiger partial charge on any atom is 0.283 e. The van der Waals surface area contributed by atoms with Crippen LogP contribution in [0, 0.1) is 6.92 Å². The van der Waals surface area contributed by atoms with Crippen molar-refractivity contribution in [2.45, 2.75) is 51.6 Å². The number of benzene rings is 2. The van der Waals surface area contributed by atoms with Gasteiger partial charge < -0.3 is 15.0 Å². The Morgan fingerprint density at radius 3 is 2.51 bits per heavy atom. The van der Waals surface area contributed by atoms with Gasteiger partial charge in [0.15, 0.2) is 0 Å². The van der Waals surface area contributed by atoms with Crippen LogP contribution in [0.25, 0.3) is 0 Å². The molecule has 2 amide bonds. The molecule has 0 bridgehead atoms. The predicted molar refractivity (Wildman–Crippen MR) is 165 cm³/mol. The average molecular weight is 574 g/mol. The van der Waals surface area contributed by atoms with E-state index in [1.165, 1.54) is 56.5 Å². The summed E-state index contributed by atoms with van der Waals surface area (Å²) < 4.78 is 5.16. The molecule has 9 heteroatoms. The first-order valence-corrected chi connectivity index (χ1v) is 15.3. The molecule has 5 rings (SSSR count). The van der Waals surface area contributed by atoms with Crippen LogP contribution in [0.2, 0.25) is 0 Å². The van der Waals surface area contributed by atoms with Gasteiger partial charge in [-0.1, -0.05) is 18.6 Å². The first-order valence-electron chi connectivity index (χ1n) is 14.4. The number of rotatable bonds is 9. The number of nitrogens with zero attached hydrogens (tertiary/aromatic N) is 3. The van der Waals surface area contributed by atoms with Gasteiger partial charge >= 0.3 is 0 Å². The number of nitrogens with one attached hydrogen (secondary N) is 2. The summed E-state index contributed by atoms with van der Waals surface area (Å²) >= 11 is 1.28. The molecule has 2 aliphatic rings. The van der Waals surface area contributed by atoms with E-state index in [1.54, 1.807) is 13.3 Å². The Bertz CT molecular complexity index is 1360. The standard InChI is InChI=1S/C32H39N5O3S/c1-23-22-41-30(32(39)35-33-20-24-9-11-28(40-2)12-10-24)29(23)34-31(38)26-8-6-7-25(19-26)21-36-17-13-27(14-18-36)37-15-4-3-5-16-37/h6-12,19-20,22,27H,3-5,13-18,21H2,1-2H3,(H,34,38)(H,35,39). The molecule has 0 atom stereocenters. The summed E-state index contributed by atoms with van der Waals surface area (Å²) in [6, 6.07) is 15.9. The van der Waals surface area contributed by atoms with Crippen LogP contribution in [-0.2, 0) is 6.54 Å². The fourth-order valence-corrected chi connectivity index (χ4v) is 6.55. The van der Waals surface area contributed by atoms with Crippen molar-refractivity contribution in [2.24, 2.45) is 5.10 Å². The third-order valence-corrected chi connectivity index (χ3v) is 9.07. The van der Waals surface area contributed by atoms with E-state index in [0.717, 1.165) is 48.1 Å². The van der Waals surface area contributed by atoms with Gasteiger partial charge in [-0.2, -0.15) is 5.10 Å². The smallest absolute Gasteiger partial charge is 0.283 e. The molecule has 0 radical (unpaired) electrons. The van der Waals surface area contributed by atoms with Crippen LogP contribution in [0.3, 0.4) is 0 Å². The molecular formula is C32H39N5O3S. The molecule has 2 N–H and O–H groups in total. The van der Waals surface area contributed by atoms with Gasteiger partial charge in [-0.25, -0.2) is 5.43 Å². The van der Waals surface area contributed by atoms with Crippen molar-refractivity contribution in [3.63, 3.8) is 0 Å². The summed E-state index contributed by atoms with van der Waals surface area (Å²) in [6.45, 7) is 7.41. The Hall–Kier alpha value is -3.53. The minimum absolute atomic E-state index is 0.229. The fourth-order valence-electron chi connectivity index (χ4n) is 5.65. The normalized spacial score (nSPS) is 17.0. The lowest BCUT2D eigenvalue weighted by Crippen LogP contribution is -2.46. The molecule has 8 nitrogen and oxygen atoms in total. The van der Waals surface area contributed by atoms with Crippen LogP contribution in [0.4, 0.5) is 5.69 Å². The topological polar surface area (TPSA) is 86.3 Å². The van der Waals surface area contributed by atoms with Crippen molar-refractivity contribution in [3.8, 4) is 5.75 Å². The van der Waals surface area contributed by atoms with Crippen molar-refractivity contribution < 1.29 is 14.3 Å². The summed E-state index contributed by atoms with van der Waals surface area (Å²) in [6.07, 6.45) is 8.05. The third-order valence-electron chi connectivity index (χ3n) is 7.97. The molecule has 2 aliphatic heterocycles. The number of amides is 2. The zero-order valence-electron chi connectivity index (χ0n) is 23.9. The third kappa shape index (κ3) is 7.61. The number of likely N-dealkylation sites (tertiary alicyclic amines) is 2. The van der Waals surface area contributed by atoms with Crippen molar-refractivity contribution >= 4 is 35.1 Å². The van der Waals surface area contributed by atoms with Crippen molar-refractivity contribution in [2.75, 3.05) is 38.6 Å². The van der Waals surface area contributed by atoms with Gasteiger partial charge in [0, 0.05) is 18.2 Å². The number of anilines is 1. The second-order valence-electron chi connectivity index (χ2n) is 10.9. The molecular weight excluding hydrogens is 534 g/mol. The highest BCUT2D eigenvalue weighted by Crippen LogP contribution is 2.28. The molecule has 2 fully saturated rings. The highest BCUT2D eigenvalue weighted by atomic mass is 32.1. The lowest BCUT2D eigenvalue weighted by Gasteiger charge is -2.40. The van der Waals surface area contributed by atoms with E-state index in [-0.39, 0.29) is 11.8 Å². The zero-order valence-corrected chi connectivity index (χ0v) is 24.7. The minimum atomic E-state index is -0.370. The average Bonchev–Trinajstić information content (AvgIpc) is 3.38. The molecule has 1 aromatic heterocycles. The number of thiophene rings is 1. The Morgan fingerprint density at radius 1 is 1.02 bits per heavy atom. The molecule has 2 saturated heterocycles. The van der Waals surface area contributed by atoms with Gasteiger partial charge in [-0.05, 0) is 117 Å². The first-order chi connectivity index (χ1) is 20.0. The van der Waals surface area contributed by atoms with Gasteiger partial charge in [-0.3, -0.25) is 14.5 Å². The Kier molecular flexibility index (Phi) is 9.82. The Balaban J connectivity index is 1.16. The lowest BCUT2D eigenvalue weighted by atomic mass is 9.99. The van der Waals surface area contributed by atoms with E-state index in [1.807, 2.05) is 54.8 Å². The van der Waals surface area contributed by atoms with E-state index in [2.05, 4.69) is 31.7 Å². The van der Waals surface area contributed by atoms with Crippen LogP contribution in [0.1, 0.15) is 68.8 Å². The van der Waals surface area contributed by atoms with Crippen molar-refractivity contribution in [1.82, 2.24) is 15.2 Å². The summed E-state index contributed by atoms with van der Waals surface area (Å²) in [7, 11) is 1.61. The molecule has 2 aromatic carbocycles. The second kappa shape index (κ2) is 13.9. The fraction of sp³-hybridized carbons (Fsp3) is 0.406. The maximum atomic E-state index is 13.3. The number of carbonyl (C=O) groups is 2. The first kappa shape index (κ1) is 29.0. The molecule has 41 heavy (non-hydrogen) atoms. The van der Waals surface area contributed by atoms with E-state index >= 15 is 0 Å². The Morgan fingerprint density at radius 2 is 1.78 bits per heavy atom. The monoisotopic (exact) mass is 573 g/mol. The lowest BCUT2D eigenvalue weighted by molar-refractivity contribution is 0.0896. The van der Waals surface area contributed by atoms with Gasteiger partial charge in [0.2, 0.25) is 0 Å². The van der Waals surface area contributed by atoms with Crippen LogP contribution >= 0.6 is 11.3 Å². The molecule has 0 saturated carbocycles. The number of carbonyl (C=O) groups excluding carboxylic acids is 2. The van der Waals surface area contributed by atoms with Gasteiger partial charge in [-0.15, -0.1) is 11.3 Å². The number of aryl methyl sites for hydroxylation is 1. The van der Waals surface area contributed by atoms with E-state index in [4.69, 9.17) is 4.74 Å². The predicted octanol–water partition coefficient (Wildman–Crippen LogP) is 5.53. The summed E-state index contributed by atoms with van der Waals surface area (Å²) in [5.74, 6) is 0.150. The molecule has 0 spiro atoms. The van der Waals surface area contributed by atoms with Gasteiger partial charge in [0.25, 0.3) is 11.8 Å². The molecule has 216 valence electrons. The van der Waals surface area contributed by atoms with Crippen LogP contribution < -0.4 is 15.5 Å². The largest absolute Gasteiger partial charge is 0.497 e. The van der Waals surface area contributed by atoms with E-state index in [9.17, 15) is 9.59 Å². The molecule has 3 aromatic rings. The Labute approximate surface area is 246 Å². The number of methoxy groups -OCH3 is 1. The van der Waals surface area contributed by atoms with E-state index in [0.29, 0.717) is 16.1 Å². The zero-order chi connectivity index (χ0) is 28.6. The number of hydrazone groups is 1. The van der Waals surface area contributed by atoms with Gasteiger partial charge in [0.1, 0.15) is 10.6 Å². The SMILES string of the molecule is COc1ccc(C=NNC(=O)c2scc(C)c2NC(=O)c2cccc(CN3CCC(N4CCCCC4)CC3)c2)cc1. The number of hydrogen-bond donors (Lipinski definition) is 2.